The van der Waals surface area contributed by atoms with E-state index in [2.05, 4.69) is 56.9 Å². The highest BCUT2D eigenvalue weighted by Gasteiger charge is 2.39. The molecule has 3 aromatic rings. The minimum atomic E-state index is -0.609. The number of hydrogen-bond donors (Lipinski definition) is 2. The third-order valence-electron chi connectivity index (χ3n) is 7.76. The number of rotatable bonds is 7. The summed E-state index contributed by atoms with van der Waals surface area (Å²) in [6.07, 6.45) is 3.57. The molecule has 1 aromatic heterocycles. The molecule has 6 rings (SSSR count). The minimum Gasteiger partial charge on any atom is -0.322 e. The largest absolute Gasteiger partial charge is 0.322 e. The van der Waals surface area contributed by atoms with Gasteiger partial charge in [0.1, 0.15) is 6.04 Å². The van der Waals surface area contributed by atoms with Crippen molar-refractivity contribution >= 4 is 17.7 Å². The Bertz CT molecular complexity index is 1380. The van der Waals surface area contributed by atoms with E-state index in [1.54, 1.807) is 4.90 Å². The Morgan fingerprint density at radius 1 is 0.974 bits per heavy atom. The smallest absolute Gasteiger partial charge is 0.255 e. The van der Waals surface area contributed by atoms with Crippen LogP contribution >= 0.6 is 0 Å². The maximum atomic E-state index is 13.0. The van der Waals surface area contributed by atoms with Crippen LogP contribution in [0, 0.1) is 0 Å². The Morgan fingerprint density at radius 3 is 2.68 bits per heavy atom. The van der Waals surface area contributed by atoms with Crippen LogP contribution in [0.3, 0.4) is 0 Å². The van der Waals surface area contributed by atoms with Crippen molar-refractivity contribution in [2.75, 3.05) is 13.1 Å². The summed E-state index contributed by atoms with van der Waals surface area (Å²) in [4.78, 5) is 45.5. The number of imide groups is 1. The van der Waals surface area contributed by atoms with E-state index in [1.165, 1.54) is 11.1 Å². The zero-order valence-corrected chi connectivity index (χ0v) is 21.2. The first kappa shape index (κ1) is 24.5. The standard InChI is InChI=1S/C30H31N5O3/c36-28-9-8-27(29(37)33-28)35-18-23-15-22(6-7-25(23)30(35)38)26-14-21(10-12-31-26)16-32-24-11-13-34(19-24)17-20-4-2-1-3-5-20/h1-7,10,12,14-15,24,27,32H,8-9,11,13,16-19H2,(H,33,36,37). The van der Waals surface area contributed by atoms with Crippen molar-refractivity contribution in [3.63, 3.8) is 0 Å². The number of amides is 3. The maximum Gasteiger partial charge on any atom is 0.255 e. The van der Waals surface area contributed by atoms with Crippen molar-refractivity contribution in [1.29, 1.82) is 0 Å². The summed E-state index contributed by atoms with van der Waals surface area (Å²) >= 11 is 0. The number of carbonyl (C=O) groups is 3. The van der Waals surface area contributed by atoms with Crippen LogP contribution in [0.4, 0.5) is 0 Å². The normalized spacial score (nSPS) is 21.6. The fourth-order valence-corrected chi connectivity index (χ4v) is 5.72. The van der Waals surface area contributed by atoms with Gasteiger partial charge in [0.15, 0.2) is 0 Å². The second kappa shape index (κ2) is 10.5. The van der Waals surface area contributed by atoms with Gasteiger partial charge in [-0.2, -0.15) is 0 Å². The molecule has 2 N–H and O–H groups in total. The Hall–Kier alpha value is -3.88. The number of carbonyl (C=O) groups excluding carboxylic acids is 3. The van der Waals surface area contributed by atoms with Crippen molar-refractivity contribution in [1.82, 2.24) is 25.4 Å². The number of fused-ring (bicyclic) bond motifs is 1. The Kier molecular flexibility index (Phi) is 6.74. The lowest BCUT2D eigenvalue weighted by Gasteiger charge is -2.29. The molecule has 0 aliphatic carbocycles. The Labute approximate surface area is 222 Å². The number of hydrogen-bond acceptors (Lipinski definition) is 6. The van der Waals surface area contributed by atoms with Gasteiger partial charge in [-0.1, -0.05) is 36.4 Å². The quantitative estimate of drug-likeness (QED) is 0.476. The predicted octanol–water partition coefficient (Wildman–Crippen LogP) is 2.87. The maximum absolute atomic E-state index is 13.0. The fourth-order valence-electron chi connectivity index (χ4n) is 5.72. The number of benzene rings is 2. The molecule has 8 heteroatoms. The van der Waals surface area contributed by atoms with Crippen LogP contribution in [0.5, 0.6) is 0 Å². The third kappa shape index (κ3) is 5.10. The second-order valence-electron chi connectivity index (χ2n) is 10.4. The Balaban J connectivity index is 1.08. The van der Waals surface area contributed by atoms with E-state index in [0.29, 0.717) is 24.6 Å². The SMILES string of the molecule is O=C1CCC(N2Cc3cc(-c4cc(CNC5CCN(Cc6ccccc6)C5)ccn4)ccc3C2=O)C(=O)N1. The van der Waals surface area contributed by atoms with Crippen LogP contribution in [0.15, 0.2) is 66.9 Å². The molecule has 2 aromatic carbocycles. The van der Waals surface area contributed by atoms with Crippen molar-refractivity contribution in [2.45, 2.75) is 51.0 Å². The molecule has 8 nitrogen and oxygen atoms in total. The van der Waals surface area contributed by atoms with Crippen molar-refractivity contribution in [2.24, 2.45) is 0 Å². The lowest BCUT2D eigenvalue weighted by Crippen LogP contribution is -2.52. The van der Waals surface area contributed by atoms with Crippen molar-refractivity contribution in [3.8, 4) is 11.3 Å². The van der Waals surface area contributed by atoms with Crippen LogP contribution < -0.4 is 10.6 Å². The molecule has 2 fully saturated rings. The molecular formula is C30H31N5O3. The highest BCUT2D eigenvalue weighted by Crippen LogP contribution is 2.31. The van der Waals surface area contributed by atoms with Crippen molar-refractivity contribution in [3.05, 3.63) is 89.1 Å². The molecule has 2 unspecified atom stereocenters. The summed E-state index contributed by atoms with van der Waals surface area (Å²) in [6, 6.07) is 20.3. The summed E-state index contributed by atoms with van der Waals surface area (Å²) in [5, 5.41) is 6.06. The second-order valence-corrected chi connectivity index (χ2v) is 10.4. The lowest BCUT2D eigenvalue weighted by molar-refractivity contribution is -0.136. The fraction of sp³-hybridized carbons (Fsp3) is 0.333. The summed E-state index contributed by atoms with van der Waals surface area (Å²) < 4.78 is 0. The molecule has 3 amide bonds. The number of piperidine rings is 1. The third-order valence-corrected chi connectivity index (χ3v) is 7.76. The van der Waals surface area contributed by atoms with Gasteiger partial charge in [0.2, 0.25) is 11.8 Å². The average molecular weight is 510 g/mol. The Morgan fingerprint density at radius 2 is 1.84 bits per heavy atom. The summed E-state index contributed by atoms with van der Waals surface area (Å²) in [5.41, 5.74) is 5.81. The van der Waals surface area contributed by atoms with E-state index in [-0.39, 0.29) is 18.2 Å². The van der Waals surface area contributed by atoms with E-state index < -0.39 is 11.9 Å². The molecule has 3 aliphatic rings. The van der Waals surface area contributed by atoms with Gasteiger partial charge >= 0.3 is 0 Å². The number of aromatic nitrogens is 1. The molecule has 194 valence electrons. The topological polar surface area (TPSA) is 94.6 Å². The number of likely N-dealkylation sites (tertiary alicyclic amines) is 1. The number of pyridine rings is 1. The zero-order chi connectivity index (χ0) is 26.1. The first-order chi connectivity index (χ1) is 18.5. The number of nitrogens with one attached hydrogen (secondary N) is 2. The monoisotopic (exact) mass is 509 g/mol. The zero-order valence-electron chi connectivity index (χ0n) is 21.2. The molecule has 4 heterocycles. The van der Waals surface area contributed by atoms with Crippen molar-refractivity contribution < 1.29 is 14.4 Å². The van der Waals surface area contributed by atoms with E-state index in [9.17, 15) is 14.4 Å². The van der Waals surface area contributed by atoms with Crippen LogP contribution in [-0.2, 0) is 29.2 Å². The molecule has 3 aliphatic heterocycles. The predicted molar refractivity (Wildman–Crippen MR) is 143 cm³/mol. The molecule has 0 spiro atoms. The highest BCUT2D eigenvalue weighted by atomic mass is 16.2. The van der Waals surface area contributed by atoms with Crippen LogP contribution in [0.25, 0.3) is 11.3 Å². The van der Waals surface area contributed by atoms with Gasteiger partial charge in [0.25, 0.3) is 5.91 Å². The average Bonchev–Trinajstić information content (AvgIpc) is 3.51. The van der Waals surface area contributed by atoms with Gasteiger partial charge in [-0.15, -0.1) is 0 Å². The van der Waals surface area contributed by atoms with Gasteiger partial charge < -0.3 is 10.2 Å². The molecule has 2 saturated heterocycles. The molecular weight excluding hydrogens is 478 g/mol. The van der Waals surface area contributed by atoms with Crippen LogP contribution in [0.2, 0.25) is 0 Å². The minimum absolute atomic E-state index is 0.162. The van der Waals surface area contributed by atoms with Gasteiger partial charge in [0.05, 0.1) is 5.69 Å². The van der Waals surface area contributed by atoms with Crippen LogP contribution in [-0.4, -0.2) is 57.7 Å². The van der Waals surface area contributed by atoms with E-state index >= 15 is 0 Å². The lowest BCUT2D eigenvalue weighted by atomic mass is 10.0. The number of nitrogens with zero attached hydrogens (tertiary/aromatic N) is 3. The summed E-state index contributed by atoms with van der Waals surface area (Å²) in [5.74, 6) is -0.838. The van der Waals surface area contributed by atoms with E-state index in [4.69, 9.17) is 0 Å². The van der Waals surface area contributed by atoms with Gasteiger partial charge in [-0.05, 0) is 53.8 Å². The van der Waals surface area contributed by atoms with E-state index in [1.807, 2.05) is 30.5 Å². The van der Waals surface area contributed by atoms with Gasteiger partial charge in [-0.25, -0.2) is 0 Å². The summed E-state index contributed by atoms with van der Waals surface area (Å²) in [6.45, 7) is 4.25. The molecule has 2 atom stereocenters. The summed E-state index contributed by atoms with van der Waals surface area (Å²) in [7, 11) is 0. The molecule has 0 saturated carbocycles. The molecule has 0 radical (unpaired) electrons. The van der Waals surface area contributed by atoms with Gasteiger partial charge in [-0.3, -0.25) is 29.6 Å². The van der Waals surface area contributed by atoms with Gasteiger partial charge in [0, 0.05) is 62.5 Å². The first-order valence-corrected chi connectivity index (χ1v) is 13.3. The van der Waals surface area contributed by atoms with E-state index in [0.717, 1.165) is 49.4 Å². The molecule has 0 bridgehead atoms. The first-order valence-electron chi connectivity index (χ1n) is 13.3. The highest BCUT2D eigenvalue weighted by molar-refractivity contribution is 6.05. The molecule has 38 heavy (non-hydrogen) atoms. The van der Waals surface area contributed by atoms with Crippen LogP contribution in [0.1, 0.15) is 46.3 Å².